The largest absolute Gasteiger partial charge is 0.496 e. The molecule has 1 unspecified atom stereocenters. The molecule has 0 aliphatic rings. The predicted molar refractivity (Wildman–Crippen MR) is 107 cm³/mol. The molecule has 0 amide bonds. The first-order valence-corrected chi connectivity index (χ1v) is 9.43. The summed E-state index contributed by atoms with van der Waals surface area (Å²) in [6.07, 6.45) is -4.72. The molecule has 3 rings (SSSR count). The molecule has 3 aromatic rings. The Morgan fingerprint density at radius 3 is 2.40 bits per heavy atom. The summed E-state index contributed by atoms with van der Waals surface area (Å²) >= 11 is 0. The van der Waals surface area contributed by atoms with Gasteiger partial charge in [0, 0.05) is 29.6 Å². The summed E-state index contributed by atoms with van der Waals surface area (Å²) in [5.41, 5.74) is -2.89. The number of alkyl halides is 3. The van der Waals surface area contributed by atoms with Gasteiger partial charge >= 0.3 is 6.18 Å². The van der Waals surface area contributed by atoms with Crippen molar-refractivity contribution in [2.75, 3.05) is 7.11 Å². The summed E-state index contributed by atoms with van der Waals surface area (Å²) in [6, 6.07) is 12.0. The van der Waals surface area contributed by atoms with Crippen molar-refractivity contribution in [3.63, 3.8) is 0 Å². The van der Waals surface area contributed by atoms with Gasteiger partial charge in [0.15, 0.2) is 5.60 Å². The maximum atomic E-state index is 14.1. The SMILES string of the molecule is COc1cc(F)ccc1C(C)(C)CC(O)(Cc1ccnc2ccccc12)C(F)(F)F. The number of para-hydroxylation sites is 1. The molecule has 0 saturated carbocycles. The van der Waals surface area contributed by atoms with E-state index in [4.69, 9.17) is 4.74 Å². The van der Waals surface area contributed by atoms with Crippen LogP contribution in [0.15, 0.2) is 54.7 Å². The lowest BCUT2D eigenvalue weighted by molar-refractivity contribution is -0.266. The monoisotopic (exact) mass is 421 g/mol. The fourth-order valence-corrected chi connectivity index (χ4v) is 3.94. The average Bonchev–Trinajstić information content (AvgIpc) is 2.66. The summed E-state index contributed by atoms with van der Waals surface area (Å²) in [4.78, 5) is 4.17. The van der Waals surface area contributed by atoms with Crippen LogP contribution in [0, 0.1) is 5.82 Å². The molecule has 0 aliphatic carbocycles. The van der Waals surface area contributed by atoms with Crippen molar-refractivity contribution in [2.45, 2.75) is 43.9 Å². The molecule has 1 N–H and O–H groups in total. The number of pyridine rings is 1. The molecule has 0 saturated heterocycles. The van der Waals surface area contributed by atoms with Crippen LogP contribution < -0.4 is 4.74 Å². The molecule has 1 atom stereocenters. The van der Waals surface area contributed by atoms with Gasteiger partial charge in [-0.05, 0) is 35.6 Å². The van der Waals surface area contributed by atoms with Gasteiger partial charge in [0.2, 0.25) is 0 Å². The third kappa shape index (κ3) is 4.26. The van der Waals surface area contributed by atoms with Gasteiger partial charge in [0.25, 0.3) is 0 Å². The van der Waals surface area contributed by atoms with Gasteiger partial charge in [-0.25, -0.2) is 4.39 Å². The van der Waals surface area contributed by atoms with E-state index in [0.717, 1.165) is 6.07 Å². The van der Waals surface area contributed by atoms with Crippen molar-refractivity contribution in [1.29, 1.82) is 0 Å². The normalized spacial score (nSPS) is 14.5. The number of ether oxygens (including phenoxy) is 1. The number of halogens is 4. The Hall–Kier alpha value is -2.67. The first-order valence-electron chi connectivity index (χ1n) is 9.43. The predicted octanol–water partition coefficient (Wildman–Crippen LogP) is 5.59. The van der Waals surface area contributed by atoms with Gasteiger partial charge in [-0.15, -0.1) is 0 Å². The number of hydrogen-bond donors (Lipinski definition) is 1. The number of aliphatic hydroxyl groups is 1. The number of nitrogens with zero attached hydrogens (tertiary/aromatic N) is 1. The number of aromatic nitrogens is 1. The van der Waals surface area contributed by atoms with E-state index in [1.807, 2.05) is 0 Å². The van der Waals surface area contributed by atoms with Crippen LogP contribution >= 0.6 is 0 Å². The van der Waals surface area contributed by atoms with E-state index >= 15 is 0 Å². The molecule has 2 aromatic carbocycles. The summed E-state index contributed by atoms with van der Waals surface area (Å²) in [7, 11) is 1.33. The van der Waals surface area contributed by atoms with Crippen molar-refractivity contribution in [1.82, 2.24) is 4.98 Å². The molecule has 0 fully saturated rings. The van der Waals surface area contributed by atoms with Crippen LogP contribution in [-0.2, 0) is 11.8 Å². The molecular weight excluding hydrogens is 398 g/mol. The van der Waals surface area contributed by atoms with Crippen LogP contribution in [0.5, 0.6) is 5.75 Å². The zero-order valence-electron chi connectivity index (χ0n) is 16.9. The zero-order chi connectivity index (χ0) is 22.2. The van der Waals surface area contributed by atoms with Crippen molar-refractivity contribution in [3.05, 3.63) is 71.7 Å². The maximum Gasteiger partial charge on any atom is 0.417 e. The summed E-state index contributed by atoms with van der Waals surface area (Å²) in [6.45, 7) is 3.15. The van der Waals surface area contributed by atoms with E-state index in [-0.39, 0.29) is 5.75 Å². The van der Waals surface area contributed by atoms with Gasteiger partial charge in [0.05, 0.1) is 12.6 Å². The number of fused-ring (bicyclic) bond motifs is 1. The van der Waals surface area contributed by atoms with Gasteiger partial charge in [-0.3, -0.25) is 4.98 Å². The lowest BCUT2D eigenvalue weighted by atomic mass is 9.72. The van der Waals surface area contributed by atoms with Gasteiger partial charge < -0.3 is 9.84 Å². The van der Waals surface area contributed by atoms with Crippen molar-refractivity contribution in [2.24, 2.45) is 0 Å². The maximum absolute atomic E-state index is 14.1. The smallest absolute Gasteiger partial charge is 0.417 e. The zero-order valence-corrected chi connectivity index (χ0v) is 16.9. The molecule has 0 aliphatic heterocycles. The molecule has 1 aromatic heterocycles. The summed E-state index contributed by atoms with van der Waals surface area (Å²) in [5.74, 6) is -0.417. The fraction of sp³-hybridized carbons (Fsp3) is 0.348. The molecule has 0 spiro atoms. The molecule has 160 valence electrons. The fourth-order valence-electron chi connectivity index (χ4n) is 3.94. The molecule has 1 heterocycles. The second-order valence-electron chi connectivity index (χ2n) is 8.10. The Morgan fingerprint density at radius 2 is 1.73 bits per heavy atom. The summed E-state index contributed by atoms with van der Waals surface area (Å²) < 4.78 is 61.1. The Kier molecular flexibility index (Phi) is 5.78. The van der Waals surface area contributed by atoms with Crippen LogP contribution in [0.25, 0.3) is 10.9 Å². The third-order valence-corrected chi connectivity index (χ3v) is 5.38. The van der Waals surface area contributed by atoms with Gasteiger partial charge in [-0.1, -0.05) is 38.1 Å². The third-order valence-electron chi connectivity index (χ3n) is 5.38. The van der Waals surface area contributed by atoms with Crippen LogP contribution in [0.2, 0.25) is 0 Å². The standard InChI is InChI=1S/C23H23F4NO2/c1-21(2,18-9-8-16(24)12-20(18)30-3)14-22(29,23(25,26)27)13-15-10-11-28-19-7-5-4-6-17(15)19/h4-12,29H,13-14H2,1-3H3. The Morgan fingerprint density at radius 1 is 1.03 bits per heavy atom. The Labute approximate surface area is 172 Å². The first-order chi connectivity index (χ1) is 14.0. The minimum Gasteiger partial charge on any atom is -0.496 e. The Bertz CT molecular complexity index is 1040. The first kappa shape index (κ1) is 22.0. The van der Waals surface area contributed by atoms with E-state index < -0.39 is 35.9 Å². The molecule has 7 heteroatoms. The van der Waals surface area contributed by atoms with E-state index in [2.05, 4.69) is 4.98 Å². The minimum atomic E-state index is -4.89. The number of methoxy groups -OCH3 is 1. The number of rotatable bonds is 6. The Balaban J connectivity index is 2.04. The highest BCUT2D eigenvalue weighted by atomic mass is 19.4. The lowest BCUT2D eigenvalue weighted by Crippen LogP contribution is -2.50. The average molecular weight is 421 g/mol. The van der Waals surface area contributed by atoms with Crippen molar-refractivity contribution >= 4 is 10.9 Å². The quantitative estimate of drug-likeness (QED) is 0.528. The van der Waals surface area contributed by atoms with Gasteiger partial charge in [-0.2, -0.15) is 13.2 Å². The van der Waals surface area contributed by atoms with Crippen LogP contribution in [0.1, 0.15) is 31.4 Å². The van der Waals surface area contributed by atoms with E-state index in [0.29, 0.717) is 22.0 Å². The van der Waals surface area contributed by atoms with E-state index in [1.54, 1.807) is 38.1 Å². The molecule has 0 bridgehead atoms. The number of benzene rings is 2. The second-order valence-corrected chi connectivity index (χ2v) is 8.10. The van der Waals surface area contributed by atoms with E-state index in [1.165, 1.54) is 31.5 Å². The van der Waals surface area contributed by atoms with Gasteiger partial charge in [0.1, 0.15) is 11.6 Å². The van der Waals surface area contributed by atoms with Crippen molar-refractivity contribution in [3.8, 4) is 5.75 Å². The highest BCUT2D eigenvalue weighted by Crippen LogP contribution is 2.45. The summed E-state index contributed by atoms with van der Waals surface area (Å²) in [5, 5.41) is 11.5. The molecule has 3 nitrogen and oxygen atoms in total. The molecular formula is C23H23F4NO2. The van der Waals surface area contributed by atoms with Crippen LogP contribution in [-0.4, -0.2) is 29.0 Å². The van der Waals surface area contributed by atoms with Crippen LogP contribution in [0.4, 0.5) is 17.6 Å². The highest BCUT2D eigenvalue weighted by Gasteiger charge is 2.56. The van der Waals surface area contributed by atoms with E-state index in [9.17, 15) is 22.7 Å². The minimum absolute atomic E-state index is 0.138. The van der Waals surface area contributed by atoms with Crippen molar-refractivity contribution < 1.29 is 27.4 Å². The second kappa shape index (κ2) is 7.87. The van der Waals surface area contributed by atoms with Crippen LogP contribution in [0.3, 0.4) is 0 Å². The molecule has 0 radical (unpaired) electrons. The number of hydrogen-bond acceptors (Lipinski definition) is 3. The highest BCUT2D eigenvalue weighted by molar-refractivity contribution is 5.81. The topological polar surface area (TPSA) is 42.4 Å². The molecule has 30 heavy (non-hydrogen) atoms. The lowest BCUT2D eigenvalue weighted by Gasteiger charge is -2.38.